The van der Waals surface area contributed by atoms with Gasteiger partial charge in [0.15, 0.2) is 0 Å². The van der Waals surface area contributed by atoms with Gasteiger partial charge in [0.25, 0.3) is 47.3 Å². The number of rotatable bonds is 31. The summed E-state index contributed by atoms with van der Waals surface area (Å²) in [6, 6.07) is 33.3. The number of unbranched alkanes of at least 4 members (excludes halogenated alkanes) is 2. The third-order valence-electron chi connectivity index (χ3n) is 20.7. The van der Waals surface area contributed by atoms with Crippen LogP contribution < -0.4 is 43.0 Å². The standard InChI is InChI=1S/C24H24Cl2N4O3S2.C24H23Cl2N3O4S2.C23H23Cl2N3O3S2.C22H22Cl2N4O3S2/c1-14(16-13-34-22(21(16)31)15-4-5-17(25)18(26)12-15)28-29-24(33)20-7-6-19(35-20)23(32)27-8-11-30-9-2-3-10-30;1-12(16-11-34-22(21(16)31)13-2-7-17(25)18(26)10-13)28-29-24(33)20-9-8-19(35-20)23(32)27-14-3-5-15(30)6-4-14;1-3-4-5-10-26-22(30)18-8-9-19(33-18)23(31)28-27-13(2)15-12-32-21(20(15)29)14-6-7-16(24)17(25)11-14;1-12(14-11-32-20(19(14)29)13-4-5-15(23)16(24)10-13)26-27-22(31)18-7-6-17(33-18)21(30)25-8-9-28(2)3/h4-7,12-13,31H,2-3,8-11H2,1H3,(H,27,32)(H,29,33);2,7-11,14-15,30-31H,3-6H2,1H3,(H,27,32)(H,29,33);6-9,11-12,29H,3-5,10H2,1-2H3,(H,26,30)(H,28,31);4-7,10-11,29H,8-9H2,1-3H3,(H,25,30)(H,27,31)/b28-14+;28-12+;27-13+;26-12+. The third-order valence-corrected chi connectivity index (χ3v) is 32.1. The number of hydrazone groups is 4. The highest BCUT2D eigenvalue weighted by atomic mass is 35.5. The Morgan fingerprint density at radius 1 is 0.375 bits per heavy atom. The van der Waals surface area contributed by atoms with Gasteiger partial charge < -0.3 is 56.6 Å². The summed E-state index contributed by atoms with van der Waals surface area (Å²) in [6.45, 7) is 14.3. The predicted octanol–water partition coefficient (Wildman–Crippen LogP) is 22.6. The number of aliphatic hydroxyl groups excluding tert-OH is 1. The summed E-state index contributed by atoms with van der Waals surface area (Å²) in [7, 11) is 3.85. The molecule has 1 aliphatic carbocycles. The van der Waals surface area contributed by atoms with Crippen molar-refractivity contribution >= 4 is 254 Å². The van der Waals surface area contributed by atoms with Crippen LogP contribution in [0.15, 0.2) is 163 Å². The van der Waals surface area contributed by atoms with E-state index in [0.29, 0.717) is 176 Å². The number of halogens is 8. The lowest BCUT2D eigenvalue weighted by atomic mass is 9.93. The lowest BCUT2D eigenvalue weighted by Gasteiger charge is -2.25. The second kappa shape index (κ2) is 51.3. The van der Waals surface area contributed by atoms with Crippen LogP contribution in [0.1, 0.15) is 192 Å². The van der Waals surface area contributed by atoms with Crippen LogP contribution in [0, 0.1) is 0 Å². The molecule has 1 saturated carbocycles. The van der Waals surface area contributed by atoms with Crippen LogP contribution in [0.25, 0.3) is 41.8 Å². The molecule has 8 amide bonds. The van der Waals surface area contributed by atoms with Gasteiger partial charge in [0.05, 0.1) is 150 Å². The molecule has 716 valence electrons. The van der Waals surface area contributed by atoms with Gasteiger partial charge in [-0.3, -0.25) is 38.4 Å². The quantitative estimate of drug-likeness (QED) is 0.0109. The van der Waals surface area contributed by atoms with E-state index in [1.807, 2.05) is 19.0 Å². The predicted molar refractivity (Wildman–Crippen MR) is 558 cm³/mol. The molecule has 43 heteroatoms. The molecule has 136 heavy (non-hydrogen) atoms. The number of aliphatic hydroxyl groups is 1. The molecule has 8 aromatic heterocycles. The molecule has 12 aromatic rings. The van der Waals surface area contributed by atoms with E-state index in [1.54, 1.807) is 171 Å². The minimum absolute atomic E-state index is 0.0320. The zero-order valence-corrected chi connectivity index (χ0v) is 86.4. The Morgan fingerprint density at radius 2 is 0.654 bits per heavy atom. The van der Waals surface area contributed by atoms with Gasteiger partial charge in [0.1, 0.15) is 23.0 Å². The fraction of sp³-hybridized carbons (Fsp3) is 0.269. The van der Waals surface area contributed by atoms with Gasteiger partial charge in [-0.05, 0) is 219 Å². The number of aromatic hydroxyl groups is 4. The molecule has 1 saturated heterocycles. The molecule has 0 bridgehead atoms. The summed E-state index contributed by atoms with van der Waals surface area (Å²) in [5, 5.41) is 90.6. The number of carbonyl (C=O) groups excluding carboxylic acids is 8. The second-order valence-electron chi connectivity index (χ2n) is 30.8. The molecule has 9 heterocycles. The van der Waals surface area contributed by atoms with Crippen molar-refractivity contribution in [2.24, 2.45) is 20.4 Å². The van der Waals surface area contributed by atoms with E-state index in [2.05, 4.69) is 75.2 Å². The minimum atomic E-state index is -0.450. The molecule has 1 aliphatic heterocycles. The van der Waals surface area contributed by atoms with Gasteiger partial charge in [0, 0.05) is 60.3 Å². The summed E-state index contributed by atoms with van der Waals surface area (Å²) < 4.78 is 0. The van der Waals surface area contributed by atoms with Gasteiger partial charge in [-0.25, -0.2) is 21.7 Å². The number of likely N-dealkylation sites (tertiary alicyclic amines) is 1. The molecule has 2 aliphatic rings. The smallest absolute Gasteiger partial charge is 0.281 e. The van der Waals surface area contributed by atoms with Crippen molar-refractivity contribution in [3.63, 3.8) is 0 Å². The minimum Gasteiger partial charge on any atom is -0.506 e. The topological polar surface area (TPSA) is 390 Å². The molecule has 14 rings (SSSR count). The van der Waals surface area contributed by atoms with E-state index in [9.17, 15) is 63.9 Å². The van der Waals surface area contributed by atoms with Crippen molar-refractivity contribution in [1.82, 2.24) is 52.8 Å². The molecule has 4 aromatic carbocycles. The van der Waals surface area contributed by atoms with E-state index < -0.39 is 23.6 Å². The zero-order chi connectivity index (χ0) is 98.1. The molecular formula is C93H92Cl8N14O13S8. The summed E-state index contributed by atoms with van der Waals surface area (Å²) in [4.78, 5) is 109. The van der Waals surface area contributed by atoms with E-state index in [-0.39, 0.29) is 58.8 Å². The van der Waals surface area contributed by atoms with Gasteiger partial charge >= 0.3 is 0 Å². The first-order valence-corrected chi connectivity index (χ1v) is 51.9. The normalized spacial score (nSPS) is 14.0. The van der Waals surface area contributed by atoms with Crippen molar-refractivity contribution < 1.29 is 63.9 Å². The van der Waals surface area contributed by atoms with E-state index >= 15 is 0 Å². The summed E-state index contributed by atoms with van der Waals surface area (Å²) in [5.74, 6) is -2.39. The first-order chi connectivity index (χ1) is 65.0. The fourth-order valence-corrected chi connectivity index (χ4v) is 21.6. The number of benzene rings is 4. The summed E-state index contributed by atoms with van der Waals surface area (Å²) in [5.41, 5.74) is 16.6. The maximum atomic E-state index is 12.6. The Balaban J connectivity index is 0.000000174. The SMILES string of the molecule is C/C(=N\NC(=O)c1ccc(C(=O)NC2CCC(O)CC2)s1)c1csc(-c2ccc(Cl)c(Cl)c2)c1O.C/C(=N\NC(=O)c1ccc(C(=O)NCCN(C)C)s1)c1csc(-c2ccc(Cl)c(Cl)c2)c1O.C/C(=N\NC(=O)c1ccc(C(=O)NCCN2CCCC2)s1)c1csc(-c2ccc(Cl)c(Cl)c2)c1O.CCCCCNC(=O)c1ccc(C(=O)N/N=C(\C)c2csc(-c3ccc(Cl)c(Cl)c3)c2O)s1. The number of carbonyl (C=O) groups is 8. The largest absolute Gasteiger partial charge is 0.506 e. The fourth-order valence-electron chi connectivity index (χ4n) is 13.2. The van der Waals surface area contributed by atoms with Gasteiger partial charge in [-0.1, -0.05) is 137 Å². The van der Waals surface area contributed by atoms with Crippen LogP contribution in [-0.4, -0.2) is 177 Å². The molecule has 27 nitrogen and oxygen atoms in total. The van der Waals surface area contributed by atoms with Crippen LogP contribution in [0.5, 0.6) is 23.0 Å². The van der Waals surface area contributed by atoms with E-state index in [1.165, 1.54) is 58.2 Å². The van der Waals surface area contributed by atoms with Crippen LogP contribution in [0.3, 0.4) is 0 Å². The highest BCUT2D eigenvalue weighted by molar-refractivity contribution is 7.18. The number of thiophene rings is 8. The first-order valence-electron chi connectivity index (χ1n) is 42.1. The Bertz CT molecular complexity index is 6460. The average molecular weight is 2150 g/mol. The number of nitrogens with zero attached hydrogens (tertiary/aromatic N) is 6. The Morgan fingerprint density at radius 3 is 0.941 bits per heavy atom. The molecule has 2 fully saturated rings. The highest BCUT2D eigenvalue weighted by Gasteiger charge is 2.27. The van der Waals surface area contributed by atoms with Crippen molar-refractivity contribution in [3.05, 3.63) is 244 Å². The molecule has 13 N–H and O–H groups in total. The monoisotopic (exact) mass is 2150 g/mol. The molecular weight excluding hydrogens is 2060 g/mol. The first kappa shape index (κ1) is 107. The number of nitrogens with one attached hydrogen (secondary N) is 8. The van der Waals surface area contributed by atoms with Crippen LogP contribution in [0.2, 0.25) is 40.2 Å². The Kier molecular flexibility index (Phi) is 40.3. The number of amides is 8. The van der Waals surface area contributed by atoms with E-state index in [0.717, 1.165) is 126 Å². The van der Waals surface area contributed by atoms with Crippen molar-refractivity contribution in [1.29, 1.82) is 0 Å². The number of likely N-dealkylation sites (N-methyl/N-ethyl adjacent to an activating group) is 1. The molecule has 0 unspecified atom stereocenters. The van der Waals surface area contributed by atoms with Crippen molar-refractivity contribution in [3.8, 4) is 64.8 Å². The third kappa shape index (κ3) is 29.5. The number of hydrogen-bond donors (Lipinski definition) is 13. The maximum Gasteiger partial charge on any atom is 0.281 e. The van der Waals surface area contributed by atoms with Crippen LogP contribution in [0.4, 0.5) is 0 Å². The van der Waals surface area contributed by atoms with Crippen molar-refractivity contribution in [2.45, 2.75) is 105 Å². The van der Waals surface area contributed by atoms with Gasteiger partial charge in [-0.2, -0.15) is 20.4 Å². The highest BCUT2D eigenvalue weighted by Crippen LogP contribution is 2.46. The lowest BCUT2D eigenvalue weighted by Crippen LogP contribution is -2.38. The summed E-state index contributed by atoms with van der Waals surface area (Å²) >= 11 is 57.9. The number of hydrogen-bond acceptors (Lipinski definition) is 27. The maximum absolute atomic E-state index is 12.6. The van der Waals surface area contributed by atoms with Crippen molar-refractivity contribution in [2.75, 3.05) is 59.9 Å². The molecule has 0 atom stereocenters. The van der Waals surface area contributed by atoms with Gasteiger partial charge in [0.2, 0.25) is 0 Å². The molecule has 0 radical (unpaired) electrons. The molecule has 0 spiro atoms. The average Bonchev–Trinajstić information content (AvgIpc) is 1.67. The lowest BCUT2D eigenvalue weighted by molar-refractivity contribution is 0.0869. The zero-order valence-electron chi connectivity index (χ0n) is 73.8. The Labute approximate surface area is 856 Å². The second-order valence-corrected chi connectivity index (χ2v) is 41.9. The van der Waals surface area contributed by atoms with E-state index in [4.69, 9.17) is 92.8 Å². The Hall–Kier alpha value is -9.68. The van der Waals surface area contributed by atoms with Gasteiger partial charge in [-0.15, -0.1) is 90.7 Å². The summed E-state index contributed by atoms with van der Waals surface area (Å²) in [6.07, 6.45) is 8.03. The van der Waals surface area contributed by atoms with Crippen LogP contribution >= 0.6 is 184 Å². The van der Waals surface area contributed by atoms with Crippen LogP contribution in [-0.2, 0) is 0 Å².